The van der Waals surface area contributed by atoms with E-state index in [4.69, 9.17) is 21.5 Å². The third-order valence-electron chi connectivity index (χ3n) is 3.27. The fourth-order valence-electron chi connectivity index (χ4n) is 2.01. The molecule has 156 valence electrons. The van der Waals surface area contributed by atoms with Crippen LogP contribution in [0.2, 0.25) is 0 Å². The summed E-state index contributed by atoms with van der Waals surface area (Å²) in [6.45, 7) is 0. The van der Waals surface area contributed by atoms with E-state index >= 15 is 0 Å². The van der Waals surface area contributed by atoms with Crippen molar-refractivity contribution >= 4 is 94.4 Å². The lowest BCUT2D eigenvalue weighted by Crippen LogP contribution is -2.29. The Kier molecular flexibility index (Phi) is 10.5. The molecule has 0 aliphatic rings. The smallest absolute Gasteiger partial charge is 0.423 e. The molecule has 0 aliphatic heterocycles. The molecule has 0 amide bonds. The largest absolute Gasteiger partial charge is 0.488 e. The molecule has 2 heterocycles. The van der Waals surface area contributed by atoms with Gasteiger partial charge in [-0.05, 0) is 77.5 Å². The van der Waals surface area contributed by atoms with Gasteiger partial charge in [0.15, 0.2) is 3.92 Å². The number of benzene rings is 2. The minimum absolute atomic E-state index is 0.417. The van der Waals surface area contributed by atoms with E-state index < -0.39 is 7.12 Å². The predicted molar refractivity (Wildman–Crippen MR) is 138 cm³/mol. The number of hydrogen-bond acceptors (Lipinski definition) is 8. The highest BCUT2D eigenvalue weighted by Gasteiger charge is 2.09. The number of rotatable bonds is 2. The average Bonchev–Trinajstić information content (AvgIpc) is 3.30. The number of hydrogen-bond donors (Lipinski definition) is 4. The second-order valence-corrected chi connectivity index (χ2v) is 11.7. The highest BCUT2D eigenvalue weighted by atomic mass is 79.9. The summed E-state index contributed by atoms with van der Waals surface area (Å²) in [5.41, 5.74) is 13.8. The van der Waals surface area contributed by atoms with Gasteiger partial charge >= 0.3 is 7.12 Å². The Morgan fingerprint density at radius 1 is 0.800 bits per heavy atom. The molecule has 2 aromatic heterocycles. The lowest BCUT2D eigenvalue weighted by molar-refractivity contribution is 0.426. The van der Waals surface area contributed by atoms with Gasteiger partial charge in [-0.1, -0.05) is 24.3 Å². The highest BCUT2D eigenvalue weighted by Crippen LogP contribution is 2.29. The summed E-state index contributed by atoms with van der Waals surface area (Å²) >= 11 is 13.0. The van der Waals surface area contributed by atoms with Crippen molar-refractivity contribution in [2.75, 3.05) is 11.5 Å². The van der Waals surface area contributed by atoms with Crippen LogP contribution in [0.3, 0.4) is 0 Å². The molecular weight excluding hydrogens is 619 g/mol. The average molecular weight is 635 g/mol. The third-order valence-corrected chi connectivity index (χ3v) is 6.75. The van der Waals surface area contributed by atoms with Gasteiger partial charge in [0.2, 0.25) is 0 Å². The van der Waals surface area contributed by atoms with Crippen LogP contribution in [0.4, 0.5) is 11.4 Å². The lowest BCUT2D eigenvalue weighted by Gasteiger charge is -1.98. The molecule has 4 rings (SSSR count). The van der Waals surface area contributed by atoms with Gasteiger partial charge in [0.25, 0.3) is 0 Å². The molecular formula is C18H16BBr3N4O2S2. The van der Waals surface area contributed by atoms with Crippen LogP contribution in [0, 0.1) is 0 Å². The van der Waals surface area contributed by atoms with Crippen LogP contribution in [0.1, 0.15) is 0 Å². The van der Waals surface area contributed by atoms with Gasteiger partial charge < -0.3 is 21.5 Å². The zero-order chi connectivity index (χ0) is 22.1. The minimum atomic E-state index is -1.43. The van der Waals surface area contributed by atoms with Crippen molar-refractivity contribution < 1.29 is 10.0 Å². The molecule has 0 radical (unpaired) electrons. The molecule has 0 spiro atoms. The monoisotopic (exact) mass is 632 g/mol. The minimum Gasteiger partial charge on any atom is -0.423 e. The van der Waals surface area contributed by atoms with Gasteiger partial charge in [-0.25, -0.2) is 9.97 Å². The van der Waals surface area contributed by atoms with Gasteiger partial charge in [0, 0.05) is 16.9 Å². The molecule has 0 atom stereocenters. The first-order valence-corrected chi connectivity index (χ1v) is 12.2. The Balaban J connectivity index is 0.000000168. The van der Waals surface area contributed by atoms with Gasteiger partial charge in [0.05, 0.1) is 20.0 Å². The van der Waals surface area contributed by atoms with Crippen molar-refractivity contribution in [1.29, 1.82) is 0 Å². The second kappa shape index (κ2) is 12.5. The van der Waals surface area contributed by atoms with E-state index in [-0.39, 0.29) is 0 Å². The van der Waals surface area contributed by atoms with Gasteiger partial charge in [-0.15, -0.1) is 22.7 Å². The number of aromatic nitrogens is 2. The normalized spacial score (nSPS) is 9.77. The molecule has 0 saturated heterocycles. The standard InChI is InChI=1S/C9H7BrN2S.C6H8BNO2.C3HBr2NS/c10-8-5-12-9(13-8)6-2-1-3-7(11)4-6;8-6-3-1-2-5(4-6)7(9)10;4-2-1-6-3(5)7-2/h1-5H,11H2;1-4,9-10H,8H2;1H. The summed E-state index contributed by atoms with van der Waals surface area (Å²) in [6, 6.07) is 14.2. The van der Waals surface area contributed by atoms with Crippen molar-refractivity contribution in [2.45, 2.75) is 0 Å². The Labute approximate surface area is 207 Å². The molecule has 2 aromatic carbocycles. The lowest BCUT2D eigenvalue weighted by atomic mass is 9.80. The molecule has 0 fully saturated rings. The van der Waals surface area contributed by atoms with E-state index in [2.05, 4.69) is 57.8 Å². The maximum atomic E-state index is 8.65. The molecule has 0 saturated carbocycles. The Morgan fingerprint density at radius 2 is 1.40 bits per heavy atom. The van der Waals surface area contributed by atoms with Crippen LogP contribution in [-0.4, -0.2) is 27.1 Å². The van der Waals surface area contributed by atoms with E-state index in [0.717, 1.165) is 27.7 Å². The van der Waals surface area contributed by atoms with Crippen LogP contribution >= 0.6 is 70.5 Å². The molecule has 0 aliphatic carbocycles. The number of halogens is 3. The van der Waals surface area contributed by atoms with E-state index in [0.29, 0.717) is 11.2 Å². The predicted octanol–water partition coefficient (Wildman–Crippen LogP) is 4.77. The summed E-state index contributed by atoms with van der Waals surface area (Å²) in [6.07, 6.45) is 3.55. The van der Waals surface area contributed by atoms with E-state index in [9.17, 15) is 0 Å². The van der Waals surface area contributed by atoms with Crippen molar-refractivity contribution in [3.8, 4) is 10.6 Å². The van der Waals surface area contributed by atoms with Crippen molar-refractivity contribution in [1.82, 2.24) is 9.97 Å². The molecule has 0 bridgehead atoms. The Hall–Kier alpha value is -1.28. The topological polar surface area (TPSA) is 118 Å². The molecule has 12 heteroatoms. The number of nitrogens with two attached hydrogens (primary N) is 2. The molecule has 30 heavy (non-hydrogen) atoms. The first-order chi connectivity index (χ1) is 14.2. The van der Waals surface area contributed by atoms with Gasteiger partial charge in [0.1, 0.15) is 5.01 Å². The van der Waals surface area contributed by atoms with Crippen LogP contribution in [0.15, 0.2) is 72.4 Å². The Bertz CT molecular complexity index is 1060. The fraction of sp³-hybridized carbons (Fsp3) is 0. The van der Waals surface area contributed by atoms with E-state index in [1.165, 1.54) is 6.07 Å². The zero-order valence-electron chi connectivity index (χ0n) is 15.2. The maximum Gasteiger partial charge on any atom is 0.488 e. The van der Waals surface area contributed by atoms with E-state index in [1.54, 1.807) is 53.3 Å². The zero-order valence-corrected chi connectivity index (χ0v) is 21.6. The number of nitrogens with zero attached hydrogens (tertiary/aromatic N) is 2. The fourth-order valence-corrected chi connectivity index (χ4v) is 5.43. The quantitative estimate of drug-likeness (QED) is 0.186. The first-order valence-electron chi connectivity index (χ1n) is 8.20. The summed E-state index contributed by atoms with van der Waals surface area (Å²) < 4.78 is 3.00. The van der Waals surface area contributed by atoms with Gasteiger partial charge in [-0.2, -0.15) is 0 Å². The SMILES string of the molecule is Brc1cnc(Br)s1.Nc1cccc(-c2ncc(Br)s2)c1.Nc1cccc(B(O)O)c1. The molecule has 6 N–H and O–H groups in total. The highest BCUT2D eigenvalue weighted by molar-refractivity contribution is 9.12. The van der Waals surface area contributed by atoms with Crippen molar-refractivity contribution in [2.24, 2.45) is 0 Å². The second-order valence-electron chi connectivity index (χ2n) is 5.56. The van der Waals surface area contributed by atoms with Gasteiger partial charge in [-0.3, -0.25) is 0 Å². The summed E-state index contributed by atoms with van der Waals surface area (Å²) in [4.78, 5) is 8.15. The number of anilines is 2. The van der Waals surface area contributed by atoms with Crippen LogP contribution in [0.5, 0.6) is 0 Å². The van der Waals surface area contributed by atoms with Crippen molar-refractivity contribution in [3.63, 3.8) is 0 Å². The third kappa shape index (κ3) is 8.84. The number of thiazole rings is 2. The summed E-state index contributed by atoms with van der Waals surface area (Å²) in [5.74, 6) is 0. The number of nitrogen functional groups attached to an aromatic ring is 2. The van der Waals surface area contributed by atoms with E-state index in [1.807, 2.05) is 24.3 Å². The van der Waals surface area contributed by atoms with Crippen molar-refractivity contribution in [3.05, 3.63) is 72.4 Å². The molecule has 4 aromatic rings. The Morgan fingerprint density at radius 3 is 1.80 bits per heavy atom. The molecule has 6 nitrogen and oxygen atoms in total. The maximum absolute atomic E-state index is 8.65. The first kappa shape index (κ1) is 25.0. The van der Waals surface area contributed by atoms with Crippen LogP contribution in [0.25, 0.3) is 10.6 Å². The summed E-state index contributed by atoms with van der Waals surface area (Å²) in [7, 11) is -1.43. The van der Waals surface area contributed by atoms with Crippen LogP contribution < -0.4 is 16.9 Å². The van der Waals surface area contributed by atoms with Crippen LogP contribution in [-0.2, 0) is 0 Å². The summed E-state index contributed by atoms with van der Waals surface area (Å²) in [5, 5.41) is 18.3. The molecule has 0 unspecified atom stereocenters.